The van der Waals surface area contributed by atoms with Crippen molar-refractivity contribution >= 4 is 0 Å². The van der Waals surface area contributed by atoms with Gasteiger partial charge in [0.15, 0.2) is 0 Å². The molecule has 2 heterocycles. The molecule has 1 aliphatic carbocycles. The van der Waals surface area contributed by atoms with Crippen molar-refractivity contribution in [1.29, 1.82) is 0 Å². The molecule has 4 heteroatoms. The highest BCUT2D eigenvalue weighted by Gasteiger charge is 2.36. The van der Waals surface area contributed by atoms with E-state index in [4.69, 9.17) is 4.74 Å². The van der Waals surface area contributed by atoms with Gasteiger partial charge in [0.25, 0.3) is 0 Å². The molecule has 3 rings (SSSR count). The summed E-state index contributed by atoms with van der Waals surface area (Å²) < 4.78 is 5.35. The fourth-order valence-corrected chi connectivity index (χ4v) is 3.03. The number of methoxy groups -OCH3 is 1. The van der Waals surface area contributed by atoms with Crippen molar-refractivity contribution in [2.24, 2.45) is 0 Å². The largest absolute Gasteiger partial charge is 0.381 e. The van der Waals surface area contributed by atoms with Gasteiger partial charge < -0.3 is 10.1 Å². The Bertz CT molecular complexity index is 230. The van der Waals surface area contributed by atoms with E-state index in [0.29, 0.717) is 6.10 Å². The molecule has 3 fully saturated rings. The van der Waals surface area contributed by atoms with E-state index < -0.39 is 0 Å². The Balaban J connectivity index is 1.41. The van der Waals surface area contributed by atoms with Gasteiger partial charge in [0, 0.05) is 58.5 Å². The second-order valence-electron chi connectivity index (χ2n) is 5.37. The van der Waals surface area contributed by atoms with Gasteiger partial charge in [0.2, 0.25) is 0 Å². The molecular formula is C12H23N3O. The Morgan fingerprint density at radius 1 is 0.938 bits per heavy atom. The molecule has 1 N–H and O–H groups in total. The zero-order chi connectivity index (χ0) is 11.0. The van der Waals surface area contributed by atoms with Gasteiger partial charge in [-0.2, -0.15) is 0 Å². The third kappa shape index (κ3) is 1.99. The second kappa shape index (κ2) is 4.61. The van der Waals surface area contributed by atoms with Crippen LogP contribution in [0.5, 0.6) is 0 Å². The lowest BCUT2D eigenvalue weighted by Gasteiger charge is -2.48. The molecule has 2 aliphatic heterocycles. The van der Waals surface area contributed by atoms with Crippen molar-refractivity contribution < 1.29 is 4.74 Å². The van der Waals surface area contributed by atoms with Crippen LogP contribution in [0.2, 0.25) is 0 Å². The van der Waals surface area contributed by atoms with E-state index in [1.54, 1.807) is 0 Å². The first-order valence-electron chi connectivity index (χ1n) is 6.58. The summed E-state index contributed by atoms with van der Waals surface area (Å²) >= 11 is 0. The van der Waals surface area contributed by atoms with Crippen LogP contribution in [0.1, 0.15) is 12.8 Å². The fourth-order valence-electron chi connectivity index (χ4n) is 3.03. The second-order valence-corrected chi connectivity index (χ2v) is 5.37. The number of rotatable bonds is 3. The number of piperazine rings is 1. The summed E-state index contributed by atoms with van der Waals surface area (Å²) in [7, 11) is 1.84. The van der Waals surface area contributed by atoms with Gasteiger partial charge in [0.05, 0.1) is 6.10 Å². The Labute approximate surface area is 97.9 Å². The summed E-state index contributed by atoms with van der Waals surface area (Å²) in [5.74, 6) is 0. The highest BCUT2D eigenvalue weighted by molar-refractivity contribution is 4.93. The lowest BCUT2D eigenvalue weighted by atomic mass is 9.87. The van der Waals surface area contributed by atoms with Crippen molar-refractivity contribution in [3.63, 3.8) is 0 Å². The maximum atomic E-state index is 5.35. The third-order valence-electron chi connectivity index (χ3n) is 4.54. The maximum Gasteiger partial charge on any atom is 0.0601 e. The standard InChI is InChI=1S/C12H23N3O/c1-16-12-6-10(7-12)14-2-4-15(5-3-14)11-8-13-9-11/h10-13H,2-9H2,1H3. The van der Waals surface area contributed by atoms with Crippen LogP contribution in [0.3, 0.4) is 0 Å². The lowest BCUT2D eigenvalue weighted by molar-refractivity contribution is -0.0460. The number of ether oxygens (including phenoxy) is 1. The summed E-state index contributed by atoms with van der Waals surface area (Å²) in [6, 6.07) is 1.64. The molecule has 92 valence electrons. The summed E-state index contributed by atoms with van der Waals surface area (Å²) in [6.07, 6.45) is 3.04. The summed E-state index contributed by atoms with van der Waals surface area (Å²) in [4.78, 5) is 5.32. The van der Waals surface area contributed by atoms with Crippen LogP contribution >= 0.6 is 0 Å². The zero-order valence-corrected chi connectivity index (χ0v) is 10.2. The van der Waals surface area contributed by atoms with Gasteiger partial charge >= 0.3 is 0 Å². The molecule has 0 spiro atoms. The van der Waals surface area contributed by atoms with Crippen LogP contribution in [0.4, 0.5) is 0 Å². The molecule has 16 heavy (non-hydrogen) atoms. The molecule has 2 saturated heterocycles. The number of nitrogens with zero attached hydrogens (tertiary/aromatic N) is 2. The van der Waals surface area contributed by atoms with Crippen LogP contribution in [0.15, 0.2) is 0 Å². The fraction of sp³-hybridized carbons (Fsp3) is 1.00. The van der Waals surface area contributed by atoms with E-state index in [1.807, 2.05) is 7.11 Å². The Morgan fingerprint density at radius 2 is 1.50 bits per heavy atom. The van der Waals surface area contributed by atoms with E-state index in [0.717, 1.165) is 12.1 Å². The van der Waals surface area contributed by atoms with E-state index in [1.165, 1.54) is 52.1 Å². The maximum absolute atomic E-state index is 5.35. The molecule has 4 nitrogen and oxygen atoms in total. The predicted molar refractivity (Wildman–Crippen MR) is 63.6 cm³/mol. The van der Waals surface area contributed by atoms with Crippen molar-refractivity contribution in [2.45, 2.75) is 31.0 Å². The van der Waals surface area contributed by atoms with Gasteiger partial charge in [-0.3, -0.25) is 9.80 Å². The Morgan fingerprint density at radius 3 is 1.94 bits per heavy atom. The normalized spacial score (nSPS) is 38.1. The first-order valence-corrected chi connectivity index (χ1v) is 6.58. The molecule has 0 aromatic rings. The van der Waals surface area contributed by atoms with Gasteiger partial charge in [0.1, 0.15) is 0 Å². The predicted octanol–water partition coefficient (Wildman–Crippen LogP) is -0.247. The average molecular weight is 225 g/mol. The number of hydrogen-bond donors (Lipinski definition) is 1. The molecule has 0 atom stereocenters. The van der Waals surface area contributed by atoms with Crippen LogP contribution in [0, 0.1) is 0 Å². The zero-order valence-electron chi connectivity index (χ0n) is 10.2. The van der Waals surface area contributed by atoms with Crippen molar-refractivity contribution in [2.75, 3.05) is 46.4 Å². The Hall–Kier alpha value is -0.160. The molecule has 3 aliphatic rings. The molecule has 0 unspecified atom stereocenters. The first-order chi connectivity index (χ1) is 7.86. The third-order valence-corrected chi connectivity index (χ3v) is 4.54. The molecule has 0 aromatic carbocycles. The lowest BCUT2D eigenvalue weighted by Crippen LogP contribution is -2.63. The van der Waals surface area contributed by atoms with E-state index in [2.05, 4.69) is 15.1 Å². The van der Waals surface area contributed by atoms with Crippen molar-refractivity contribution in [3.8, 4) is 0 Å². The van der Waals surface area contributed by atoms with Crippen LogP contribution < -0.4 is 5.32 Å². The Kier molecular flexibility index (Phi) is 3.16. The molecule has 1 saturated carbocycles. The summed E-state index contributed by atoms with van der Waals surface area (Å²) in [5.41, 5.74) is 0. The van der Waals surface area contributed by atoms with Gasteiger partial charge in [-0.25, -0.2) is 0 Å². The van der Waals surface area contributed by atoms with Gasteiger partial charge in [-0.05, 0) is 12.8 Å². The monoisotopic (exact) mass is 225 g/mol. The summed E-state index contributed by atoms with van der Waals surface area (Å²) in [6.45, 7) is 7.46. The van der Waals surface area contributed by atoms with E-state index >= 15 is 0 Å². The summed E-state index contributed by atoms with van der Waals surface area (Å²) in [5, 5.41) is 3.36. The molecular weight excluding hydrogens is 202 g/mol. The number of nitrogens with one attached hydrogen (secondary N) is 1. The molecule has 0 amide bonds. The highest BCUT2D eigenvalue weighted by Crippen LogP contribution is 2.28. The first kappa shape index (κ1) is 11.0. The van der Waals surface area contributed by atoms with E-state index in [-0.39, 0.29) is 0 Å². The van der Waals surface area contributed by atoms with Gasteiger partial charge in [-0.1, -0.05) is 0 Å². The van der Waals surface area contributed by atoms with Crippen molar-refractivity contribution in [3.05, 3.63) is 0 Å². The number of hydrogen-bond acceptors (Lipinski definition) is 4. The van der Waals surface area contributed by atoms with Gasteiger partial charge in [-0.15, -0.1) is 0 Å². The minimum atomic E-state index is 0.541. The minimum Gasteiger partial charge on any atom is -0.381 e. The van der Waals surface area contributed by atoms with Crippen LogP contribution in [0.25, 0.3) is 0 Å². The molecule has 0 aromatic heterocycles. The minimum absolute atomic E-state index is 0.541. The smallest absolute Gasteiger partial charge is 0.0601 e. The SMILES string of the molecule is COC1CC(N2CCN(C3CNC3)CC2)C1. The topological polar surface area (TPSA) is 27.7 Å². The van der Waals surface area contributed by atoms with Crippen LogP contribution in [-0.4, -0.2) is 74.4 Å². The highest BCUT2D eigenvalue weighted by atomic mass is 16.5. The quantitative estimate of drug-likeness (QED) is 0.717. The van der Waals surface area contributed by atoms with Crippen molar-refractivity contribution in [1.82, 2.24) is 15.1 Å². The average Bonchev–Trinajstić information content (AvgIpc) is 2.16. The van der Waals surface area contributed by atoms with E-state index in [9.17, 15) is 0 Å². The molecule has 0 radical (unpaired) electrons. The van der Waals surface area contributed by atoms with Crippen LogP contribution in [-0.2, 0) is 4.74 Å². The molecule has 0 bridgehead atoms.